The lowest BCUT2D eigenvalue weighted by atomic mass is 10.00. The van der Waals surface area contributed by atoms with Gasteiger partial charge >= 0.3 is 11.6 Å². The summed E-state index contributed by atoms with van der Waals surface area (Å²) in [6.45, 7) is 3.90. The molecule has 7 heteroatoms. The molecule has 1 aromatic heterocycles. The molecule has 0 amide bonds. The molecule has 4 rings (SSSR count). The fraction of sp³-hybridized carbons (Fsp3) is 0.333. The van der Waals surface area contributed by atoms with Crippen molar-refractivity contribution in [3.8, 4) is 11.5 Å². The quantitative estimate of drug-likeness (QED) is 0.480. The average Bonchev–Trinajstić information content (AvgIpc) is 2.80. The number of nitrogens with one attached hydrogen (secondary N) is 1. The summed E-state index contributed by atoms with van der Waals surface area (Å²) in [4.78, 5) is 25.5. The maximum atomic E-state index is 12.6. The number of hydrogen-bond donors (Lipinski definition) is 1. The van der Waals surface area contributed by atoms with Crippen molar-refractivity contribution in [2.75, 3.05) is 27.5 Å². The lowest BCUT2D eigenvalue weighted by Crippen LogP contribution is -3.12. The normalized spacial score (nSPS) is 15.3. The van der Waals surface area contributed by atoms with Crippen molar-refractivity contribution >= 4 is 16.9 Å². The summed E-state index contributed by atoms with van der Waals surface area (Å²) in [6, 6.07) is 11.8. The SMILES string of the molecule is COC(=O)Cc1c(C)c2ccc3c(c2oc1=O)C[NH+](CCc1ccccc1OC)CO3. The Balaban J connectivity index is 1.62. The third-order valence-electron chi connectivity index (χ3n) is 5.86. The molecule has 7 nitrogen and oxygen atoms in total. The molecule has 1 aliphatic heterocycles. The molecular formula is C24H26NO6+. The van der Waals surface area contributed by atoms with Gasteiger partial charge in [-0.3, -0.25) is 9.69 Å². The van der Waals surface area contributed by atoms with Gasteiger partial charge in [0.1, 0.15) is 18.0 Å². The highest BCUT2D eigenvalue weighted by Crippen LogP contribution is 2.31. The van der Waals surface area contributed by atoms with E-state index >= 15 is 0 Å². The molecule has 0 spiro atoms. The molecule has 1 N–H and O–H groups in total. The topological polar surface area (TPSA) is 79.4 Å². The molecule has 1 aliphatic rings. The fourth-order valence-corrected chi connectivity index (χ4v) is 4.08. The van der Waals surface area contributed by atoms with E-state index in [9.17, 15) is 9.59 Å². The number of para-hydroxylation sites is 1. The Morgan fingerprint density at radius 2 is 1.97 bits per heavy atom. The second-order valence-electron chi connectivity index (χ2n) is 7.69. The number of ether oxygens (including phenoxy) is 3. The van der Waals surface area contributed by atoms with Gasteiger partial charge in [-0.15, -0.1) is 0 Å². The van der Waals surface area contributed by atoms with Crippen LogP contribution in [-0.2, 0) is 28.9 Å². The van der Waals surface area contributed by atoms with Crippen LogP contribution in [0.5, 0.6) is 11.5 Å². The van der Waals surface area contributed by atoms with Gasteiger partial charge < -0.3 is 18.6 Å². The monoisotopic (exact) mass is 424 g/mol. The highest BCUT2D eigenvalue weighted by atomic mass is 16.5. The van der Waals surface area contributed by atoms with Crippen molar-refractivity contribution < 1.29 is 28.3 Å². The summed E-state index contributed by atoms with van der Waals surface area (Å²) in [5, 5.41) is 0.812. The zero-order valence-electron chi connectivity index (χ0n) is 17.9. The zero-order valence-corrected chi connectivity index (χ0v) is 17.9. The van der Waals surface area contributed by atoms with E-state index in [4.69, 9.17) is 18.6 Å². The molecule has 0 saturated heterocycles. The van der Waals surface area contributed by atoms with Gasteiger partial charge in [-0.25, -0.2) is 4.79 Å². The third-order valence-corrected chi connectivity index (χ3v) is 5.86. The molecule has 3 aromatic rings. The molecule has 0 radical (unpaired) electrons. The third kappa shape index (κ3) is 4.14. The van der Waals surface area contributed by atoms with Gasteiger partial charge in [0.05, 0.1) is 38.3 Å². The van der Waals surface area contributed by atoms with Crippen LogP contribution in [0.25, 0.3) is 11.0 Å². The first-order valence-electron chi connectivity index (χ1n) is 10.2. The number of carbonyl (C=O) groups is 1. The Morgan fingerprint density at radius 1 is 1.16 bits per heavy atom. The Bertz CT molecular complexity index is 1180. The summed E-state index contributed by atoms with van der Waals surface area (Å²) < 4.78 is 21.8. The second-order valence-corrected chi connectivity index (χ2v) is 7.69. The van der Waals surface area contributed by atoms with E-state index in [1.54, 1.807) is 7.11 Å². The minimum Gasteiger partial charge on any atom is -0.496 e. The van der Waals surface area contributed by atoms with Crippen LogP contribution in [0.3, 0.4) is 0 Å². The minimum atomic E-state index is -0.509. The van der Waals surface area contributed by atoms with E-state index in [0.29, 0.717) is 24.4 Å². The van der Waals surface area contributed by atoms with Crippen molar-refractivity contribution in [1.29, 1.82) is 0 Å². The predicted molar refractivity (Wildman–Crippen MR) is 115 cm³/mol. The van der Waals surface area contributed by atoms with Crippen molar-refractivity contribution in [2.24, 2.45) is 0 Å². The molecule has 0 bridgehead atoms. The van der Waals surface area contributed by atoms with Crippen molar-refractivity contribution in [3.63, 3.8) is 0 Å². The summed E-state index contributed by atoms with van der Waals surface area (Å²) in [7, 11) is 2.98. The maximum absolute atomic E-state index is 12.6. The van der Waals surface area contributed by atoms with Gasteiger partial charge in [0, 0.05) is 11.8 Å². The Kier molecular flexibility index (Phi) is 5.95. The number of esters is 1. The number of aryl methyl sites for hydroxylation is 1. The van der Waals surface area contributed by atoms with Crippen LogP contribution >= 0.6 is 0 Å². The molecule has 2 heterocycles. The van der Waals surface area contributed by atoms with Crippen molar-refractivity contribution in [2.45, 2.75) is 26.3 Å². The second kappa shape index (κ2) is 8.81. The molecular weight excluding hydrogens is 398 g/mol. The van der Waals surface area contributed by atoms with E-state index in [1.165, 1.54) is 12.0 Å². The number of carbonyl (C=O) groups excluding carboxylic acids is 1. The molecule has 162 valence electrons. The molecule has 0 fully saturated rings. The Hall–Kier alpha value is -3.32. The highest BCUT2D eigenvalue weighted by Gasteiger charge is 2.26. The van der Waals surface area contributed by atoms with E-state index in [-0.39, 0.29) is 6.42 Å². The molecule has 0 saturated carbocycles. The van der Waals surface area contributed by atoms with Crippen LogP contribution in [0, 0.1) is 6.92 Å². The van der Waals surface area contributed by atoms with Crippen LogP contribution < -0.4 is 20.0 Å². The predicted octanol–water partition coefficient (Wildman–Crippen LogP) is 1.80. The fourth-order valence-electron chi connectivity index (χ4n) is 4.08. The number of benzene rings is 2. The summed E-state index contributed by atoms with van der Waals surface area (Å²) >= 11 is 0. The van der Waals surface area contributed by atoms with Gasteiger partial charge in [-0.05, 0) is 36.2 Å². The van der Waals surface area contributed by atoms with Crippen molar-refractivity contribution in [3.05, 3.63) is 69.1 Å². The van der Waals surface area contributed by atoms with Crippen LogP contribution in [0.1, 0.15) is 22.3 Å². The Morgan fingerprint density at radius 3 is 2.74 bits per heavy atom. The van der Waals surface area contributed by atoms with E-state index in [0.717, 1.165) is 46.5 Å². The largest absolute Gasteiger partial charge is 0.496 e. The lowest BCUT2D eigenvalue weighted by Gasteiger charge is -2.27. The van der Waals surface area contributed by atoms with Crippen LogP contribution in [0.15, 0.2) is 45.6 Å². The Labute approximate surface area is 180 Å². The van der Waals surface area contributed by atoms with Gasteiger partial charge in [-0.1, -0.05) is 18.2 Å². The number of methoxy groups -OCH3 is 2. The first-order valence-corrected chi connectivity index (χ1v) is 10.2. The van der Waals surface area contributed by atoms with Gasteiger partial charge in [0.15, 0.2) is 5.58 Å². The highest BCUT2D eigenvalue weighted by molar-refractivity contribution is 5.87. The molecule has 0 aliphatic carbocycles. The first-order chi connectivity index (χ1) is 15.0. The van der Waals surface area contributed by atoms with Gasteiger partial charge in [0.25, 0.3) is 0 Å². The average molecular weight is 424 g/mol. The van der Waals surface area contributed by atoms with E-state index in [2.05, 4.69) is 6.07 Å². The number of quaternary nitrogens is 1. The standard InChI is InChI=1S/C24H25NO6/c1-15-17-8-9-21-19(23(17)31-24(27)18(15)12-22(26)29-3)13-25(14-30-21)11-10-16-6-4-5-7-20(16)28-2/h4-9H,10-14H2,1-3H3/p+1. The van der Waals surface area contributed by atoms with E-state index < -0.39 is 11.6 Å². The molecule has 2 aromatic carbocycles. The first kappa shape index (κ1) is 20.9. The minimum absolute atomic E-state index is 0.107. The smallest absolute Gasteiger partial charge is 0.340 e. The summed E-state index contributed by atoms with van der Waals surface area (Å²) in [6.07, 6.45) is 0.736. The van der Waals surface area contributed by atoms with Gasteiger partial charge in [-0.2, -0.15) is 0 Å². The van der Waals surface area contributed by atoms with Gasteiger partial charge in [0.2, 0.25) is 6.73 Å². The van der Waals surface area contributed by atoms with Crippen LogP contribution in [-0.4, -0.2) is 33.5 Å². The summed E-state index contributed by atoms with van der Waals surface area (Å²) in [5.74, 6) is 1.14. The van der Waals surface area contributed by atoms with Crippen LogP contribution in [0.2, 0.25) is 0 Å². The zero-order chi connectivity index (χ0) is 22.0. The number of rotatable bonds is 6. The lowest BCUT2D eigenvalue weighted by molar-refractivity contribution is -0.932. The van der Waals surface area contributed by atoms with Crippen LogP contribution in [0.4, 0.5) is 0 Å². The molecule has 1 atom stereocenters. The van der Waals surface area contributed by atoms with Crippen molar-refractivity contribution in [1.82, 2.24) is 0 Å². The molecule has 31 heavy (non-hydrogen) atoms. The number of hydrogen-bond acceptors (Lipinski definition) is 6. The molecule has 1 unspecified atom stereocenters. The van der Waals surface area contributed by atoms with E-state index in [1.807, 2.05) is 37.3 Å². The summed E-state index contributed by atoms with van der Waals surface area (Å²) in [5.41, 5.74) is 3.12. The number of fused-ring (bicyclic) bond motifs is 3. The maximum Gasteiger partial charge on any atom is 0.340 e.